The molecule has 0 aliphatic heterocycles. The lowest BCUT2D eigenvalue weighted by molar-refractivity contribution is -0.139. The van der Waals surface area contributed by atoms with Crippen molar-refractivity contribution < 1.29 is 14.4 Å². The molecule has 1 aromatic carbocycles. The highest BCUT2D eigenvalue weighted by Gasteiger charge is 2.01. The number of benzene rings is 1. The molecule has 0 amide bonds. The Morgan fingerprint density at radius 1 is 1.10 bits per heavy atom. The molecule has 21 heavy (non-hydrogen) atoms. The SMILES string of the molecule is C=C(C)C(=O)OCCCCCCON=Nc1ccccc1. The summed E-state index contributed by atoms with van der Waals surface area (Å²) in [7, 11) is 0. The first-order valence-electron chi connectivity index (χ1n) is 7.11. The summed E-state index contributed by atoms with van der Waals surface area (Å²) in [5.41, 5.74) is 1.21. The van der Waals surface area contributed by atoms with Crippen molar-refractivity contribution in [2.45, 2.75) is 32.6 Å². The Kier molecular flexibility index (Phi) is 8.52. The maximum absolute atomic E-state index is 11.1. The third-order valence-electron chi connectivity index (χ3n) is 2.68. The van der Waals surface area contributed by atoms with Crippen LogP contribution in [0.25, 0.3) is 0 Å². The second-order valence-electron chi connectivity index (χ2n) is 4.68. The van der Waals surface area contributed by atoms with E-state index in [-0.39, 0.29) is 5.97 Å². The van der Waals surface area contributed by atoms with Crippen molar-refractivity contribution in [2.75, 3.05) is 13.2 Å². The summed E-state index contributed by atoms with van der Waals surface area (Å²) in [6, 6.07) is 9.44. The zero-order chi connectivity index (χ0) is 15.3. The topological polar surface area (TPSA) is 60.2 Å². The Morgan fingerprint density at radius 2 is 1.76 bits per heavy atom. The Bertz CT molecular complexity index is 458. The number of carbonyl (C=O) groups is 1. The Balaban J connectivity index is 1.92. The molecule has 0 aliphatic rings. The molecule has 0 radical (unpaired) electrons. The maximum Gasteiger partial charge on any atom is 0.333 e. The summed E-state index contributed by atoms with van der Waals surface area (Å²) < 4.78 is 4.99. The smallest absolute Gasteiger partial charge is 0.333 e. The standard InChI is InChI=1S/C16H22N2O3/c1-14(2)16(19)20-12-8-3-4-9-13-21-18-17-15-10-6-5-7-11-15/h5-7,10-11H,1,3-4,8-9,12-13H2,2H3. The lowest BCUT2D eigenvalue weighted by atomic mass is 10.2. The largest absolute Gasteiger partial charge is 0.462 e. The number of unbranched alkanes of at least 4 members (excludes halogenated alkanes) is 3. The zero-order valence-corrected chi connectivity index (χ0v) is 12.5. The van der Waals surface area contributed by atoms with Gasteiger partial charge in [-0.1, -0.05) is 24.8 Å². The Hall–Kier alpha value is -2.17. The van der Waals surface area contributed by atoms with Crippen LogP contribution in [-0.4, -0.2) is 19.2 Å². The van der Waals surface area contributed by atoms with Gasteiger partial charge in [0.15, 0.2) is 0 Å². The van der Waals surface area contributed by atoms with E-state index in [2.05, 4.69) is 17.0 Å². The van der Waals surface area contributed by atoms with E-state index in [4.69, 9.17) is 9.57 Å². The average Bonchev–Trinajstić information content (AvgIpc) is 2.49. The van der Waals surface area contributed by atoms with Crippen LogP contribution >= 0.6 is 0 Å². The van der Waals surface area contributed by atoms with Crippen LogP contribution in [-0.2, 0) is 14.4 Å². The number of nitrogens with zero attached hydrogens (tertiary/aromatic N) is 2. The highest BCUT2D eigenvalue weighted by Crippen LogP contribution is 2.10. The summed E-state index contributed by atoms with van der Waals surface area (Å²) >= 11 is 0. The Morgan fingerprint density at radius 3 is 2.43 bits per heavy atom. The van der Waals surface area contributed by atoms with E-state index in [1.165, 1.54) is 0 Å². The van der Waals surface area contributed by atoms with E-state index in [0.717, 1.165) is 31.4 Å². The lowest BCUT2D eigenvalue weighted by Crippen LogP contribution is -2.06. The van der Waals surface area contributed by atoms with Crippen LogP contribution in [0.5, 0.6) is 0 Å². The zero-order valence-electron chi connectivity index (χ0n) is 12.5. The summed E-state index contributed by atoms with van der Waals surface area (Å²) in [6.07, 6.45) is 3.75. The normalized spacial score (nSPS) is 10.5. The second kappa shape index (κ2) is 10.6. The molecular weight excluding hydrogens is 268 g/mol. The summed E-state index contributed by atoms with van der Waals surface area (Å²) in [6.45, 7) is 6.15. The van der Waals surface area contributed by atoms with Crippen molar-refractivity contribution >= 4 is 11.7 Å². The van der Waals surface area contributed by atoms with Crippen LogP contribution in [0, 0.1) is 0 Å². The van der Waals surface area contributed by atoms with Gasteiger partial charge in [-0.05, 0) is 44.7 Å². The van der Waals surface area contributed by atoms with Gasteiger partial charge in [-0.3, -0.25) is 0 Å². The fourth-order valence-electron chi connectivity index (χ4n) is 1.52. The van der Waals surface area contributed by atoms with Gasteiger partial charge in [0.2, 0.25) is 0 Å². The Labute approximate surface area is 125 Å². The van der Waals surface area contributed by atoms with E-state index in [1.54, 1.807) is 6.92 Å². The van der Waals surface area contributed by atoms with E-state index in [1.807, 2.05) is 30.3 Å². The van der Waals surface area contributed by atoms with Crippen LogP contribution in [0.3, 0.4) is 0 Å². The first kappa shape index (κ1) is 16.9. The number of ether oxygens (including phenoxy) is 1. The van der Waals surface area contributed by atoms with Crippen LogP contribution in [0.15, 0.2) is 52.9 Å². The number of rotatable bonds is 10. The van der Waals surface area contributed by atoms with Crippen molar-refractivity contribution in [3.8, 4) is 0 Å². The number of carbonyl (C=O) groups excluding carboxylic acids is 1. The minimum absolute atomic E-state index is 0.320. The molecular formula is C16H22N2O3. The minimum atomic E-state index is -0.320. The van der Waals surface area contributed by atoms with Gasteiger partial charge >= 0.3 is 5.97 Å². The van der Waals surface area contributed by atoms with Crippen molar-refractivity contribution in [2.24, 2.45) is 10.4 Å². The van der Waals surface area contributed by atoms with Crippen molar-refractivity contribution in [3.05, 3.63) is 42.5 Å². The fourth-order valence-corrected chi connectivity index (χ4v) is 1.52. The molecule has 0 atom stereocenters. The third-order valence-corrected chi connectivity index (χ3v) is 2.68. The van der Waals surface area contributed by atoms with E-state index in [9.17, 15) is 4.79 Å². The molecule has 0 heterocycles. The molecule has 114 valence electrons. The van der Waals surface area contributed by atoms with Gasteiger partial charge in [-0.25, -0.2) is 4.79 Å². The molecule has 5 heteroatoms. The monoisotopic (exact) mass is 290 g/mol. The predicted molar refractivity (Wildman–Crippen MR) is 81.2 cm³/mol. The molecule has 0 aliphatic carbocycles. The fraction of sp³-hybridized carbons (Fsp3) is 0.438. The summed E-state index contributed by atoms with van der Waals surface area (Å²) in [4.78, 5) is 16.2. The van der Waals surface area contributed by atoms with Gasteiger partial charge in [0.1, 0.15) is 6.61 Å². The number of hydrogen-bond acceptors (Lipinski definition) is 5. The highest BCUT2D eigenvalue weighted by molar-refractivity contribution is 5.86. The molecule has 0 spiro atoms. The van der Waals surface area contributed by atoms with Gasteiger partial charge in [-0.2, -0.15) is 0 Å². The lowest BCUT2D eigenvalue weighted by Gasteiger charge is -2.03. The molecule has 0 unspecified atom stereocenters. The van der Waals surface area contributed by atoms with Crippen LogP contribution < -0.4 is 0 Å². The predicted octanol–water partition coefficient (Wildman–Crippen LogP) is 4.38. The molecule has 0 saturated carbocycles. The molecule has 0 N–H and O–H groups in total. The summed E-state index contributed by atoms with van der Waals surface area (Å²) in [5, 5.41) is 7.59. The number of esters is 1. The molecule has 1 aromatic rings. The molecule has 1 rings (SSSR count). The van der Waals surface area contributed by atoms with E-state index < -0.39 is 0 Å². The molecule has 5 nitrogen and oxygen atoms in total. The minimum Gasteiger partial charge on any atom is -0.462 e. The van der Waals surface area contributed by atoms with Crippen LogP contribution in [0.2, 0.25) is 0 Å². The average molecular weight is 290 g/mol. The molecule has 0 fully saturated rings. The highest BCUT2D eigenvalue weighted by atomic mass is 16.6. The van der Waals surface area contributed by atoms with E-state index >= 15 is 0 Å². The van der Waals surface area contributed by atoms with Crippen molar-refractivity contribution in [3.63, 3.8) is 0 Å². The molecule has 0 bridgehead atoms. The molecule has 0 saturated heterocycles. The van der Waals surface area contributed by atoms with Gasteiger partial charge < -0.3 is 9.57 Å². The first-order valence-corrected chi connectivity index (χ1v) is 7.11. The van der Waals surface area contributed by atoms with Crippen molar-refractivity contribution in [1.29, 1.82) is 0 Å². The third kappa shape index (κ3) is 8.57. The second-order valence-corrected chi connectivity index (χ2v) is 4.68. The summed E-state index contributed by atoms with van der Waals surface area (Å²) in [5.74, 6) is -0.320. The maximum atomic E-state index is 11.1. The van der Waals surface area contributed by atoms with Crippen LogP contribution in [0.1, 0.15) is 32.6 Å². The van der Waals surface area contributed by atoms with Gasteiger partial charge in [0.05, 0.1) is 12.3 Å². The van der Waals surface area contributed by atoms with Gasteiger partial charge in [0, 0.05) is 10.9 Å². The first-order chi connectivity index (χ1) is 10.2. The van der Waals surface area contributed by atoms with Crippen LogP contribution in [0.4, 0.5) is 5.69 Å². The van der Waals surface area contributed by atoms with Gasteiger partial charge in [-0.15, -0.1) is 5.11 Å². The molecule has 0 aromatic heterocycles. The van der Waals surface area contributed by atoms with Gasteiger partial charge in [0.25, 0.3) is 0 Å². The quantitative estimate of drug-likeness (QED) is 0.211. The van der Waals surface area contributed by atoms with Crippen molar-refractivity contribution in [1.82, 2.24) is 0 Å². The number of hydrogen-bond donors (Lipinski definition) is 0. The van der Waals surface area contributed by atoms with E-state index in [0.29, 0.717) is 18.8 Å².